The number of sulfonamides is 1. The summed E-state index contributed by atoms with van der Waals surface area (Å²) in [7, 11) is -7.56. The number of carbonyl (C=O) groups excluding carboxylic acids is 1. The Labute approximate surface area is 186 Å². The summed E-state index contributed by atoms with van der Waals surface area (Å²) in [6, 6.07) is 7.21. The first kappa shape index (κ1) is 23.9. The molecule has 170 valence electrons. The van der Waals surface area contributed by atoms with Gasteiger partial charge in [0.25, 0.3) is 0 Å². The first-order valence-electron chi connectivity index (χ1n) is 9.80. The monoisotopic (exact) mass is 479 g/mol. The predicted molar refractivity (Wildman–Crippen MR) is 116 cm³/mol. The van der Waals surface area contributed by atoms with Crippen LogP contribution in [0.5, 0.6) is 5.75 Å². The van der Waals surface area contributed by atoms with Crippen molar-refractivity contribution in [3.8, 4) is 17.6 Å². The second kappa shape index (κ2) is 9.40. The second-order valence-electron chi connectivity index (χ2n) is 7.43. The maximum absolute atomic E-state index is 15.0. The van der Waals surface area contributed by atoms with Gasteiger partial charge in [-0.15, -0.1) is 0 Å². The molecule has 2 aromatic rings. The second-order valence-corrected chi connectivity index (χ2v) is 10.9. The van der Waals surface area contributed by atoms with Gasteiger partial charge in [0, 0.05) is 5.92 Å². The van der Waals surface area contributed by atoms with Crippen LogP contribution in [0.1, 0.15) is 41.6 Å². The lowest BCUT2D eigenvalue weighted by Crippen LogP contribution is -2.22. The largest absolute Gasteiger partial charge is 0.492 e. The maximum atomic E-state index is 15.0. The van der Waals surface area contributed by atoms with Crippen LogP contribution in [0.4, 0.5) is 4.39 Å². The number of sulfone groups is 1. The van der Waals surface area contributed by atoms with Crippen molar-refractivity contribution in [2.45, 2.75) is 35.5 Å². The first-order chi connectivity index (χ1) is 15.0. The molecular weight excluding hydrogens is 457 g/mol. The Hall–Kier alpha value is -2.74. The smallest absolute Gasteiger partial charge is 0.239 e. The molecule has 0 amide bonds. The Morgan fingerprint density at radius 1 is 1.09 bits per heavy atom. The number of carbonyl (C=O) groups is 1. The van der Waals surface area contributed by atoms with E-state index in [1.807, 2.05) is 0 Å². The average molecular weight is 480 g/mol. The number of rotatable bonds is 6. The lowest BCUT2D eigenvalue weighted by Gasteiger charge is -2.11. The van der Waals surface area contributed by atoms with E-state index < -0.39 is 52.6 Å². The van der Waals surface area contributed by atoms with E-state index in [2.05, 4.69) is 11.8 Å². The molecule has 10 heteroatoms. The number of Topliss-reactive ketones (excluding diaryl/α,β-unsaturated/α-hetero) is 1. The molecule has 7 nitrogen and oxygen atoms in total. The van der Waals surface area contributed by atoms with Crippen LogP contribution in [0, 0.1) is 23.6 Å². The first-order valence-corrected chi connectivity index (χ1v) is 13.0. The lowest BCUT2D eigenvalue weighted by atomic mass is 10.0. The van der Waals surface area contributed by atoms with E-state index in [1.165, 1.54) is 25.3 Å². The molecule has 0 radical (unpaired) electrons. The lowest BCUT2D eigenvalue weighted by molar-refractivity contribution is 0.101. The molecular formula is C22H22FNO6S2. The molecule has 0 unspecified atom stereocenters. The number of hydrogen-bond donors (Lipinski definition) is 1. The van der Waals surface area contributed by atoms with E-state index >= 15 is 4.39 Å². The molecule has 1 fully saturated rings. The zero-order chi connectivity index (χ0) is 23.5. The summed E-state index contributed by atoms with van der Waals surface area (Å²) < 4.78 is 69.0. The van der Waals surface area contributed by atoms with E-state index in [0.29, 0.717) is 0 Å². The highest BCUT2D eigenvalue weighted by atomic mass is 32.2. The van der Waals surface area contributed by atoms with Crippen LogP contribution >= 0.6 is 0 Å². The van der Waals surface area contributed by atoms with Gasteiger partial charge in [0.05, 0.1) is 23.1 Å². The van der Waals surface area contributed by atoms with Crippen molar-refractivity contribution >= 4 is 25.6 Å². The standard InChI is InChI=1S/C22H22FNO6S2/c1-30-22-16(11-10-15-6-2-3-7-15)12-13-17(21(22)23)18(25)14-31(26,27)19-8-4-5-9-20(19)32(24,28)29/h4-5,8-9,12-13,15H,2-3,6-7,14H2,1H3,(H2,24,28,29). The molecule has 1 saturated carbocycles. The van der Waals surface area contributed by atoms with Crippen molar-refractivity contribution in [3.05, 3.63) is 53.3 Å². The highest BCUT2D eigenvalue weighted by molar-refractivity contribution is 7.94. The van der Waals surface area contributed by atoms with Gasteiger partial charge in [-0.1, -0.05) is 36.8 Å². The van der Waals surface area contributed by atoms with Gasteiger partial charge in [0.1, 0.15) is 10.6 Å². The highest BCUT2D eigenvalue weighted by Crippen LogP contribution is 2.28. The van der Waals surface area contributed by atoms with Crippen molar-refractivity contribution < 1.29 is 30.8 Å². The zero-order valence-electron chi connectivity index (χ0n) is 17.3. The number of methoxy groups -OCH3 is 1. The van der Waals surface area contributed by atoms with Gasteiger partial charge >= 0.3 is 0 Å². The summed E-state index contributed by atoms with van der Waals surface area (Å²) in [5, 5.41) is 5.08. The zero-order valence-corrected chi connectivity index (χ0v) is 18.9. The van der Waals surface area contributed by atoms with E-state index in [-0.39, 0.29) is 17.2 Å². The highest BCUT2D eigenvalue weighted by Gasteiger charge is 2.29. The van der Waals surface area contributed by atoms with Crippen LogP contribution < -0.4 is 9.88 Å². The predicted octanol–water partition coefficient (Wildman–Crippen LogP) is 2.68. The van der Waals surface area contributed by atoms with Crippen LogP contribution in [0.2, 0.25) is 0 Å². The van der Waals surface area contributed by atoms with Crippen molar-refractivity contribution in [1.82, 2.24) is 0 Å². The number of ketones is 1. The third-order valence-corrected chi connectivity index (χ3v) is 7.95. The van der Waals surface area contributed by atoms with E-state index in [4.69, 9.17) is 9.88 Å². The van der Waals surface area contributed by atoms with Crippen LogP contribution in [-0.2, 0) is 19.9 Å². The number of halogens is 1. The summed E-state index contributed by atoms with van der Waals surface area (Å²) in [4.78, 5) is 11.4. The van der Waals surface area contributed by atoms with Gasteiger partial charge in [-0.3, -0.25) is 4.79 Å². The Morgan fingerprint density at radius 2 is 1.72 bits per heavy atom. The molecule has 1 aliphatic rings. The van der Waals surface area contributed by atoms with Gasteiger partial charge in [-0.05, 0) is 37.1 Å². The fraction of sp³-hybridized carbons (Fsp3) is 0.318. The molecule has 3 rings (SSSR count). The van der Waals surface area contributed by atoms with Gasteiger partial charge in [0.2, 0.25) is 10.0 Å². The molecule has 0 aromatic heterocycles. The molecule has 2 N–H and O–H groups in total. The number of ether oxygens (including phenoxy) is 1. The molecule has 0 atom stereocenters. The van der Waals surface area contributed by atoms with Gasteiger partial charge in [0.15, 0.2) is 27.2 Å². The number of benzene rings is 2. The molecule has 2 aromatic carbocycles. The van der Waals surface area contributed by atoms with Gasteiger partial charge in [-0.2, -0.15) is 0 Å². The minimum atomic E-state index is -4.43. The van der Waals surface area contributed by atoms with E-state index in [1.54, 1.807) is 0 Å². The molecule has 0 heterocycles. The van der Waals surface area contributed by atoms with Crippen molar-refractivity contribution in [2.24, 2.45) is 11.1 Å². The van der Waals surface area contributed by atoms with E-state index in [9.17, 15) is 21.6 Å². The molecule has 0 bridgehead atoms. The third kappa shape index (κ3) is 5.18. The Morgan fingerprint density at radius 3 is 2.31 bits per heavy atom. The SMILES string of the molecule is COc1c(C#CC2CCCC2)ccc(C(=O)CS(=O)(=O)c2ccccc2S(N)(=O)=O)c1F. The molecule has 32 heavy (non-hydrogen) atoms. The summed E-state index contributed by atoms with van der Waals surface area (Å²) >= 11 is 0. The Kier molecular flexibility index (Phi) is 7.03. The number of primary sulfonamides is 1. The van der Waals surface area contributed by atoms with Crippen LogP contribution in [-0.4, -0.2) is 35.5 Å². The van der Waals surface area contributed by atoms with Crippen LogP contribution in [0.3, 0.4) is 0 Å². The topological polar surface area (TPSA) is 121 Å². The fourth-order valence-corrected chi connectivity index (χ4v) is 6.25. The van der Waals surface area contributed by atoms with Crippen molar-refractivity contribution in [1.29, 1.82) is 0 Å². The average Bonchev–Trinajstić information content (AvgIpc) is 3.25. The molecule has 0 saturated heterocycles. The van der Waals surface area contributed by atoms with Crippen molar-refractivity contribution in [2.75, 3.05) is 12.9 Å². The quantitative estimate of drug-likeness (QED) is 0.502. The third-order valence-electron chi connectivity index (χ3n) is 5.18. The fourth-order valence-electron chi connectivity index (χ4n) is 3.59. The minimum Gasteiger partial charge on any atom is -0.492 e. The van der Waals surface area contributed by atoms with Gasteiger partial charge < -0.3 is 4.74 Å². The van der Waals surface area contributed by atoms with Crippen LogP contribution in [0.25, 0.3) is 0 Å². The summed E-state index contributed by atoms with van der Waals surface area (Å²) in [5.74, 6) is 2.73. The summed E-state index contributed by atoms with van der Waals surface area (Å²) in [6.45, 7) is 0. The van der Waals surface area contributed by atoms with Crippen LogP contribution in [0.15, 0.2) is 46.2 Å². The van der Waals surface area contributed by atoms with E-state index in [0.717, 1.165) is 43.9 Å². The molecule has 0 aliphatic heterocycles. The Bertz CT molecular complexity index is 1320. The van der Waals surface area contributed by atoms with Gasteiger partial charge in [-0.25, -0.2) is 26.4 Å². The number of hydrogen-bond acceptors (Lipinski definition) is 6. The Balaban J connectivity index is 1.93. The minimum absolute atomic E-state index is 0.230. The normalized spacial score (nSPS) is 14.6. The summed E-state index contributed by atoms with van der Waals surface area (Å²) in [5.41, 5.74) is -0.235. The maximum Gasteiger partial charge on any atom is 0.239 e. The van der Waals surface area contributed by atoms with Crippen molar-refractivity contribution in [3.63, 3.8) is 0 Å². The number of nitrogens with two attached hydrogens (primary N) is 1. The molecule has 1 aliphatic carbocycles. The summed E-state index contributed by atoms with van der Waals surface area (Å²) in [6.07, 6.45) is 4.15. The molecule has 0 spiro atoms.